The van der Waals surface area contributed by atoms with E-state index in [-0.39, 0.29) is 40.0 Å². The summed E-state index contributed by atoms with van der Waals surface area (Å²) < 4.78 is 4.92. The summed E-state index contributed by atoms with van der Waals surface area (Å²) in [5.41, 5.74) is 0. The van der Waals surface area contributed by atoms with Crippen LogP contribution in [0.4, 0.5) is 0 Å². The average molecular weight is 199 g/mol. The van der Waals surface area contributed by atoms with Gasteiger partial charge < -0.3 is 28.3 Å². The zero-order valence-electron chi connectivity index (χ0n) is 5.14. The zero-order chi connectivity index (χ0) is 5.11. The van der Waals surface area contributed by atoms with Crippen molar-refractivity contribution in [3.8, 4) is 0 Å². The summed E-state index contributed by atoms with van der Waals surface area (Å²) >= 11 is 0. The quantitative estimate of drug-likeness (QED) is 0.387. The molecule has 3 heteroatoms. The molecule has 1 heterocycles. The molecule has 0 saturated heterocycles. The Balaban J connectivity index is 0. The molecule has 0 spiro atoms. The molecule has 0 aliphatic carbocycles. The van der Waals surface area contributed by atoms with Gasteiger partial charge in [-0.25, -0.2) is 0 Å². The van der Waals surface area contributed by atoms with E-state index in [1.807, 2.05) is 12.1 Å². The van der Waals surface area contributed by atoms with Crippen LogP contribution in [0, 0.1) is 6.92 Å². The fourth-order valence-electron chi connectivity index (χ4n) is 0.455. The minimum absolute atomic E-state index is 0. The summed E-state index contributed by atoms with van der Waals surface area (Å²) in [6.45, 7) is 3.63. The van der Waals surface area contributed by atoms with Crippen LogP contribution in [0.5, 0.6) is 0 Å². The van der Waals surface area contributed by atoms with Crippen molar-refractivity contribution in [1.29, 1.82) is 0 Å². The maximum absolute atomic E-state index is 4.92. The summed E-state index contributed by atoms with van der Waals surface area (Å²) in [6, 6.07) is 3.77. The molecule has 0 N–H and O–H groups in total. The Morgan fingerprint density at radius 2 is 2.22 bits per heavy atom. The van der Waals surface area contributed by atoms with E-state index in [2.05, 4.69) is 6.92 Å². The maximum atomic E-state index is 4.92. The second kappa shape index (κ2) is 6.64. The van der Waals surface area contributed by atoms with Gasteiger partial charge in [0.15, 0.2) is 0 Å². The summed E-state index contributed by atoms with van der Waals surface area (Å²) in [6.07, 6.45) is 2.40. The molecule has 0 radical (unpaired) electrons. The van der Waals surface area contributed by atoms with Crippen molar-refractivity contribution in [1.82, 2.24) is 0 Å². The minimum Gasteiger partial charge on any atom is -1.00 e. The zero-order valence-corrected chi connectivity index (χ0v) is 8.14. The first-order valence-corrected chi connectivity index (χ1v) is 2.25. The molecule has 0 fully saturated rings. The molecule has 1 nitrogen and oxygen atoms in total. The third kappa shape index (κ3) is 4.00. The predicted octanol–water partition coefficient (Wildman–Crippen LogP) is -1.72. The number of hydrogen-bond donors (Lipinski definition) is 0. The Bertz CT molecular complexity index is 128. The normalized spacial score (nSPS) is 7.22. The molecule has 9 heavy (non-hydrogen) atoms. The van der Waals surface area contributed by atoms with Gasteiger partial charge in [0.25, 0.3) is 0 Å². The predicted molar refractivity (Wildman–Crippen MR) is 33.5 cm³/mol. The number of rotatable bonds is 1. The van der Waals surface area contributed by atoms with Gasteiger partial charge in [-0.3, -0.25) is 0 Å². The van der Waals surface area contributed by atoms with E-state index in [1.54, 1.807) is 6.26 Å². The van der Waals surface area contributed by atoms with Crippen LogP contribution in [-0.4, -0.2) is 23.1 Å². The number of halogens is 1. The smallest absolute Gasteiger partial charge is 1.00 e. The molecule has 0 bridgehead atoms. The van der Waals surface area contributed by atoms with E-state index in [1.165, 1.54) is 0 Å². The fraction of sp³-hybridized carbons (Fsp3) is 0.167. The van der Waals surface area contributed by atoms with Crippen LogP contribution in [0.2, 0.25) is 0 Å². The molecule has 0 aliphatic rings. The van der Waals surface area contributed by atoms with Crippen LogP contribution in [0.25, 0.3) is 0 Å². The van der Waals surface area contributed by atoms with Gasteiger partial charge in [0, 0.05) is 0 Å². The summed E-state index contributed by atoms with van der Waals surface area (Å²) in [5.74, 6) is 0.944. The molecule has 0 aliphatic heterocycles. The number of hydrogen-bond acceptors (Lipinski definition) is 1. The van der Waals surface area contributed by atoms with E-state index in [0.29, 0.717) is 0 Å². The molecule has 0 saturated carbocycles. The van der Waals surface area contributed by atoms with E-state index >= 15 is 0 Å². The van der Waals surface area contributed by atoms with Crippen LogP contribution in [-0.2, 0) is 6.42 Å². The van der Waals surface area contributed by atoms with Gasteiger partial charge >= 0.3 is 23.1 Å². The van der Waals surface area contributed by atoms with Crippen LogP contribution in [0.3, 0.4) is 0 Å². The third-order valence-electron chi connectivity index (χ3n) is 0.827. The molecular formula is C6H7BrMgO. The van der Waals surface area contributed by atoms with E-state index in [0.717, 1.165) is 12.2 Å². The Kier molecular flexibility index (Phi) is 9.02. The SMILES string of the molecule is [Br-].[CH2-]Cc1ccco1.[Mg+2]. The van der Waals surface area contributed by atoms with Gasteiger partial charge in [-0.2, -0.15) is 0 Å². The van der Waals surface area contributed by atoms with Crippen molar-refractivity contribution in [2.75, 3.05) is 0 Å². The van der Waals surface area contributed by atoms with Gasteiger partial charge in [-0.05, 0) is 12.1 Å². The fourth-order valence-corrected chi connectivity index (χ4v) is 0.455. The summed E-state index contributed by atoms with van der Waals surface area (Å²) in [5, 5.41) is 0. The molecule has 0 aromatic carbocycles. The second-order valence-electron chi connectivity index (χ2n) is 1.33. The monoisotopic (exact) mass is 198 g/mol. The number of furan rings is 1. The minimum atomic E-state index is 0. The maximum Gasteiger partial charge on any atom is 2.00 e. The molecule has 0 amide bonds. The Morgan fingerprint density at radius 1 is 1.56 bits per heavy atom. The molecular weight excluding hydrogens is 192 g/mol. The molecule has 46 valence electrons. The average Bonchev–Trinajstić information content (AvgIpc) is 2.14. The second-order valence-corrected chi connectivity index (χ2v) is 1.33. The van der Waals surface area contributed by atoms with Gasteiger partial charge in [-0.15, -0.1) is 6.42 Å². The first-order valence-electron chi connectivity index (χ1n) is 2.25. The molecule has 1 aromatic heterocycles. The summed E-state index contributed by atoms with van der Waals surface area (Å²) in [7, 11) is 0. The third-order valence-corrected chi connectivity index (χ3v) is 0.827. The topological polar surface area (TPSA) is 13.1 Å². The van der Waals surface area contributed by atoms with Crippen molar-refractivity contribution in [3.05, 3.63) is 31.1 Å². The Labute approximate surface area is 81.7 Å². The van der Waals surface area contributed by atoms with Crippen LogP contribution in [0.1, 0.15) is 5.76 Å². The van der Waals surface area contributed by atoms with E-state index < -0.39 is 0 Å². The largest absolute Gasteiger partial charge is 2.00 e. The van der Waals surface area contributed by atoms with Gasteiger partial charge in [0.1, 0.15) is 0 Å². The molecule has 1 rings (SSSR count). The van der Waals surface area contributed by atoms with Gasteiger partial charge in [-0.1, -0.05) is 0 Å². The van der Waals surface area contributed by atoms with Crippen LogP contribution >= 0.6 is 0 Å². The van der Waals surface area contributed by atoms with Crippen molar-refractivity contribution in [3.63, 3.8) is 0 Å². The van der Waals surface area contributed by atoms with E-state index in [9.17, 15) is 0 Å². The first kappa shape index (κ1) is 12.2. The Hall–Kier alpha value is 0.526. The first-order chi connectivity index (χ1) is 3.43. The molecule has 0 atom stereocenters. The van der Waals surface area contributed by atoms with Crippen LogP contribution in [0.15, 0.2) is 22.8 Å². The van der Waals surface area contributed by atoms with E-state index in [4.69, 9.17) is 4.42 Å². The van der Waals surface area contributed by atoms with Crippen molar-refractivity contribution >= 4 is 23.1 Å². The van der Waals surface area contributed by atoms with Gasteiger partial charge in [0.05, 0.1) is 12.0 Å². The van der Waals surface area contributed by atoms with Gasteiger partial charge in [0.2, 0.25) is 0 Å². The van der Waals surface area contributed by atoms with Crippen LogP contribution < -0.4 is 17.0 Å². The molecule has 1 aromatic rings. The Morgan fingerprint density at radius 3 is 2.44 bits per heavy atom. The summed E-state index contributed by atoms with van der Waals surface area (Å²) in [4.78, 5) is 0. The molecule has 0 unspecified atom stereocenters. The standard InChI is InChI=1S/C6H7O.BrH.Mg/c1-2-6-4-3-5-7-6;;/h3-5H,1-2H2;1H;/q-1;;+2/p-1. The van der Waals surface area contributed by atoms with Crippen molar-refractivity contribution in [2.24, 2.45) is 0 Å². The van der Waals surface area contributed by atoms with Crippen molar-refractivity contribution in [2.45, 2.75) is 6.42 Å². The van der Waals surface area contributed by atoms with Crippen molar-refractivity contribution < 1.29 is 21.4 Å².